The van der Waals surface area contributed by atoms with E-state index in [4.69, 9.17) is 0 Å². The SMILES string of the molecule is Cc1cc(C)c(S(=O)(=O)Nc2ccccc2-c2cccs2)c(C)c1NS(C)(=O)=O. The Morgan fingerprint density at radius 3 is 2.17 bits per heavy atom. The maximum Gasteiger partial charge on any atom is 0.262 e. The Balaban J connectivity index is 2.11. The molecule has 0 atom stereocenters. The monoisotopic (exact) mass is 450 g/mol. The van der Waals surface area contributed by atoms with E-state index in [1.165, 1.54) is 11.3 Å². The zero-order valence-corrected chi connectivity index (χ0v) is 18.9. The van der Waals surface area contributed by atoms with Gasteiger partial charge in [0.15, 0.2) is 0 Å². The minimum absolute atomic E-state index is 0.0650. The van der Waals surface area contributed by atoms with E-state index in [0.29, 0.717) is 22.4 Å². The van der Waals surface area contributed by atoms with E-state index in [1.54, 1.807) is 39.0 Å². The Kier molecular flexibility index (Phi) is 5.75. The average Bonchev–Trinajstić information content (AvgIpc) is 3.12. The molecule has 2 N–H and O–H groups in total. The van der Waals surface area contributed by atoms with E-state index in [9.17, 15) is 16.8 Å². The van der Waals surface area contributed by atoms with Gasteiger partial charge in [-0.15, -0.1) is 11.3 Å². The Bertz CT molecular complexity index is 1260. The molecule has 9 heteroatoms. The number of aryl methyl sites for hydroxylation is 2. The van der Waals surface area contributed by atoms with Crippen LogP contribution in [0.4, 0.5) is 11.4 Å². The van der Waals surface area contributed by atoms with Crippen LogP contribution in [0.2, 0.25) is 0 Å². The molecule has 0 unspecified atom stereocenters. The van der Waals surface area contributed by atoms with Crippen molar-refractivity contribution in [3.63, 3.8) is 0 Å². The lowest BCUT2D eigenvalue weighted by Gasteiger charge is -2.19. The van der Waals surface area contributed by atoms with Gasteiger partial charge in [-0.3, -0.25) is 9.44 Å². The summed E-state index contributed by atoms with van der Waals surface area (Å²) in [5, 5.41) is 1.93. The van der Waals surface area contributed by atoms with Gasteiger partial charge in [0, 0.05) is 10.4 Å². The standard InChI is InChI=1S/C20H22N2O4S3/c1-13-12-14(2)20(15(3)19(13)22-28(4,23)24)29(25,26)21-17-9-6-5-8-16(17)18-10-7-11-27-18/h5-12,21-22H,1-4H3. The highest BCUT2D eigenvalue weighted by molar-refractivity contribution is 7.93. The van der Waals surface area contributed by atoms with Crippen LogP contribution in [0.15, 0.2) is 52.7 Å². The average molecular weight is 451 g/mol. The molecule has 0 aliphatic carbocycles. The van der Waals surface area contributed by atoms with Crippen LogP contribution in [0.5, 0.6) is 0 Å². The zero-order valence-electron chi connectivity index (χ0n) is 16.5. The van der Waals surface area contributed by atoms with Crippen LogP contribution in [0.1, 0.15) is 16.7 Å². The van der Waals surface area contributed by atoms with Gasteiger partial charge in [-0.05, 0) is 55.0 Å². The molecule has 0 saturated carbocycles. The lowest BCUT2D eigenvalue weighted by Crippen LogP contribution is -2.19. The van der Waals surface area contributed by atoms with Crippen LogP contribution in [-0.4, -0.2) is 23.1 Å². The summed E-state index contributed by atoms with van der Waals surface area (Å²) in [7, 11) is -7.52. The minimum atomic E-state index is -3.96. The highest BCUT2D eigenvalue weighted by atomic mass is 32.2. The maximum atomic E-state index is 13.3. The molecule has 1 heterocycles. The fourth-order valence-corrected chi connectivity index (χ4v) is 6.35. The number of hydrogen-bond acceptors (Lipinski definition) is 5. The summed E-state index contributed by atoms with van der Waals surface area (Å²) in [4.78, 5) is 1.01. The number of sulfonamides is 2. The van der Waals surface area contributed by atoms with E-state index in [-0.39, 0.29) is 10.6 Å². The minimum Gasteiger partial charge on any atom is -0.283 e. The van der Waals surface area contributed by atoms with E-state index >= 15 is 0 Å². The molecule has 29 heavy (non-hydrogen) atoms. The predicted molar refractivity (Wildman–Crippen MR) is 120 cm³/mol. The molecular formula is C20H22N2O4S3. The van der Waals surface area contributed by atoms with E-state index in [2.05, 4.69) is 9.44 Å². The van der Waals surface area contributed by atoms with Gasteiger partial charge >= 0.3 is 0 Å². The van der Waals surface area contributed by atoms with E-state index < -0.39 is 20.0 Å². The van der Waals surface area contributed by atoms with Crippen LogP contribution in [0.3, 0.4) is 0 Å². The summed E-state index contributed by atoms with van der Waals surface area (Å²) >= 11 is 1.52. The molecule has 154 valence electrons. The van der Waals surface area contributed by atoms with Crippen molar-refractivity contribution in [2.75, 3.05) is 15.7 Å². The van der Waals surface area contributed by atoms with Gasteiger partial charge in [0.2, 0.25) is 10.0 Å². The number of nitrogens with one attached hydrogen (secondary N) is 2. The zero-order chi connectivity index (χ0) is 21.4. The summed E-state index contributed by atoms with van der Waals surface area (Å²) in [6.45, 7) is 5.04. The normalized spacial score (nSPS) is 12.0. The maximum absolute atomic E-state index is 13.3. The summed E-state index contributed by atoms with van der Waals surface area (Å²) < 4.78 is 55.2. The van der Waals surface area contributed by atoms with Crippen molar-refractivity contribution < 1.29 is 16.8 Å². The molecule has 0 spiro atoms. The molecule has 0 radical (unpaired) electrons. The molecule has 2 aromatic carbocycles. The van der Waals surface area contributed by atoms with Gasteiger partial charge in [-0.2, -0.15) is 0 Å². The summed E-state index contributed by atoms with van der Waals surface area (Å²) in [6, 6.07) is 12.7. The van der Waals surface area contributed by atoms with E-state index in [0.717, 1.165) is 16.7 Å². The Morgan fingerprint density at radius 2 is 1.55 bits per heavy atom. The van der Waals surface area contributed by atoms with Crippen molar-refractivity contribution in [1.82, 2.24) is 0 Å². The summed E-state index contributed by atoms with van der Waals surface area (Å²) in [6.07, 6.45) is 1.04. The molecule has 0 bridgehead atoms. The second kappa shape index (κ2) is 7.81. The molecule has 3 aromatic rings. The fourth-order valence-electron chi connectivity index (χ4n) is 3.34. The number of para-hydroxylation sites is 1. The van der Waals surface area contributed by atoms with Crippen LogP contribution in [-0.2, 0) is 20.0 Å². The summed E-state index contributed by atoms with van der Waals surface area (Å²) in [5.74, 6) is 0. The number of rotatable bonds is 6. The third kappa shape index (κ3) is 4.63. The predicted octanol–water partition coefficient (Wildman–Crippen LogP) is 4.51. The number of thiophene rings is 1. The lowest BCUT2D eigenvalue weighted by atomic mass is 10.1. The molecule has 0 saturated heterocycles. The lowest BCUT2D eigenvalue weighted by molar-refractivity contribution is 0.599. The van der Waals surface area contributed by atoms with Gasteiger partial charge in [-0.25, -0.2) is 16.8 Å². The molecule has 6 nitrogen and oxygen atoms in total. The van der Waals surface area contributed by atoms with Crippen LogP contribution >= 0.6 is 11.3 Å². The molecule has 0 fully saturated rings. The third-order valence-corrected chi connectivity index (χ3v) is 7.55. The Morgan fingerprint density at radius 1 is 0.862 bits per heavy atom. The fraction of sp³-hybridized carbons (Fsp3) is 0.200. The van der Waals surface area contributed by atoms with Crippen molar-refractivity contribution in [3.8, 4) is 10.4 Å². The van der Waals surface area contributed by atoms with Crippen molar-refractivity contribution in [2.45, 2.75) is 25.7 Å². The van der Waals surface area contributed by atoms with Gasteiger partial charge in [0.05, 0.1) is 22.5 Å². The van der Waals surface area contributed by atoms with Crippen LogP contribution < -0.4 is 9.44 Å². The molecule has 0 aliphatic rings. The first-order chi connectivity index (χ1) is 13.5. The smallest absolute Gasteiger partial charge is 0.262 e. The van der Waals surface area contributed by atoms with Gasteiger partial charge in [-0.1, -0.05) is 30.3 Å². The topological polar surface area (TPSA) is 92.3 Å². The first-order valence-corrected chi connectivity index (χ1v) is 13.0. The van der Waals surface area contributed by atoms with Gasteiger partial charge < -0.3 is 0 Å². The highest BCUT2D eigenvalue weighted by Crippen LogP contribution is 2.35. The second-order valence-corrected chi connectivity index (χ2v) is 11.2. The first kappa shape index (κ1) is 21.4. The van der Waals surface area contributed by atoms with Crippen molar-refractivity contribution in [1.29, 1.82) is 0 Å². The largest absolute Gasteiger partial charge is 0.283 e. The second-order valence-electron chi connectivity index (χ2n) is 6.84. The third-order valence-electron chi connectivity index (χ3n) is 4.42. The molecule has 3 rings (SSSR count). The van der Waals surface area contributed by atoms with Crippen LogP contribution in [0, 0.1) is 20.8 Å². The number of anilines is 2. The Labute approximate surface area is 175 Å². The quantitative estimate of drug-likeness (QED) is 0.578. The molecule has 0 aliphatic heterocycles. The molecular weight excluding hydrogens is 428 g/mol. The van der Waals surface area contributed by atoms with Crippen molar-refractivity contribution in [3.05, 3.63) is 64.5 Å². The number of benzene rings is 2. The van der Waals surface area contributed by atoms with E-state index in [1.807, 2.05) is 29.6 Å². The van der Waals surface area contributed by atoms with Crippen molar-refractivity contribution >= 4 is 42.8 Å². The van der Waals surface area contributed by atoms with Gasteiger partial charge in [0.25, 0.3) is 10.0 Å². The first-order valence-electron chi connectivity index (χ1n) is 8.74. The van der Waals surface area contributed by atoms with Gasteiger partial charge in [0.1, 0.15) is 0 Å². The van der Waals surface area contributed by atoms with Crippen LogP contribution in [0.25, 0.3) is 10.4 Å². The molecule has 0 amide bonds. The number of hydrogen-bond donors (Lipinski definition) is 2. The molecule has 1 aromatic heterocycles. The van der Waals surface area contributed by atoms with Crippen molar-refractivity contribution in [2.24, 2.45) is 0 Å². The Hall–Kier alpha value is -2.36. The highest BCUT2D eigenvalue weighted by Gasteiger charge is 2.25. The summed E-state index contributed by atoms with van der Waals surface area (Å²) in [5.41, 5.74) is 3.08.